The molecule has 0 unspecified atom stereocenters. The number of carbonyl (C=O) groups excluding carboxylic acids is 4. The van der Waals surface area contributed by atoms with Crippen LogP contribution in [-0.2, 0) is 9.59 Å². The van der Waals surface area contributed by atoms with Crippen molar-refractivity contribution in [1.82, 2.24) is 9.80 Å². The van der Waals surface area contributed by atoms with Gasteiger partial charge in [0, 0.05) is 46.5 Å². The largest absolute Gasteiger partial charge is 0.326 e. The van der Waals surface area contributed by atoms with E-state index in [9.17, 15) is 19.2 Å². The average Bonchev–Trinajstić information content (AvgIpc) is 2.97. The van der Waals surface area contributed by atoms with Gasteiger partial charge in [0.25, 0.3) is 0 Å². The molecule has 2 aromatic carbocycles. The Hall–Kier alpha value is -3.36. The molecule has 0 spiro atoms. The number of amides is 2. The maximum Gasteiger partial charge on any atom is 0.224 e. The van der Waals surface area contributed by atoms with Crippen molar-refractivity contribution in [3.63, 3.8) is 0 Å². The molecular weight excluding hydrogens is 504 g/mol. The van der Waals surface area contributed by atoms with Gasteiger partial charge in [-0.15, -0.1) is 0 Å². The van der Waals surface area contributed by atoms with Crippen LogP contribution in [0.5, 0.6) is 0 Å². The highest BCUT2D eigenvalue weighted by Crippen LogP contribution is 2.31. The number of carbonyl (C=O) groups is 4. The van der Waals surface area contributed by atoms with Crippen LogP contribution in [0, 0.1) is 0 Å². The van der Waals surface area contributed by atoms with E-state index in [-0.39, 0.29) is 34.5 Å². The molecule has 2 N–H and O–H groups in total. The van der Waals surface area contributed by atoms with Crippen molar-refractivity contribution in [2.75, 3.05) is 49.9 Å². The van der Waals surface area contributed by atoms with Crippen molar-refractivity contribution in [2.45, 2.75) is 64.2 Å². The predicted octanol–water partition coefficient (Wildman–Crippen LogP) is 4.87. The monoisotopic (exact) mass is 544 g/mol. The van der Waals surface area contributed by atoms with Crippen molar-refractivity contribution >= 4 is 34.8 Å². The summed E-state index contributed by atoms with van der Waals surface area (Å²) in [4.78, 5) is 56.5. The van der Waals surface area contributed by atoms with Gasteiger partial charge in [0.1, 0.15) is 0 Å². The zero-order valence-corrected chi connectivity index (χ0v) is 23.3. The summed E-state index contributed by atoms with van der Waals surface area (Å²) < 4.78 is 0. The van der Waals surface area contributed by atoms with Gasteiger partial charge in [0.05, 0.1) is 0 Å². The summed E-state index contributed by atoms with van der Waals surface area (Å²) in [6, 6.07) is 9.75. The van der Waals surface area contributed by atoms with Crippen LogP contribution < -0.4 is 10.6 Å². The summed E-state index contributed by atoms with van der Waals surface area (Å²) in [5.74, 6) is -0.707. The molecule has 0 radical (unpaired) electrons. The van der Waals surface area contributed by atoms with Gasteiger partial charge in [0.15, 0.2) is 11.6 Å². The third-order valence-corrected chi connectivity index (χ3v) is 8.24. The number of fused-ring (bicyclic) bond motifs is 2. The number of anilines is 2. The third kappa shape index (κ3) is 7.04. The lowest BCUT2D eigenvalue weighted by Crippen LogP contribution is -2.31. The molecule has 1 aliphatic carbocycles. The molecule has 2 aliphatic heterocycles. The molecule has 0 atom stereocenters. The van der Waals surface area contributed by atoms with E-state index >= 15 is 0 Å². The summed E-state index contributed by atoms with van der Waals surface area (Å²) in [5.41, 5.74) is 2.23. The fourth-order valence-corrected chi connectivity index (χ4v) is 6.05. The van der Waals surface area contributed by atoms with E-state index in [0.29, 0.717) is 35.3 Å². The molecule has 8 nitrogen and oxygen atoms in total. The van der Waals surface area contributed by atoms with E-state index in [1.54, 1.807) is 36.4 Å². The number of nitrogens with one attached hydrogen (secondary N) is 2. The topological polar surface area (TPSA) is 98.8 Å². The van der Waals surface area contributed by atoms with Crippen LogP contribution in [0.25, 0.3) is 0 Å². The Bertz CT molecular complexity index is 1160. The summed E-state index contributed by atoms with van der Waals surface area (Å²) in [5, 5.41) is 5.77. The number of likely N-dealkylation sites (tertiary alicyclic amines) is 2. The molecule has 2 saturated heterocycles. The van der Waals surface area contributed by atoms with E-state index < -0.39 is 0 Å². The maximum absolute atomic E-state index is 13.3. The van der Waals surface area contributed by atoms with Crippen molar-refractivity contribution in [2.24, 2.45) is 0 Å². The maximum atomic E-state index is 13.3. The number of piperidine rings is 2. The molecule has 2 aromatic rings. The lowest BCUT2D eigenvalue weighted by atomic mass is 9.83. The van der Waals surface area contributed by atoms with Crippen LogP contribution in [0.2, 0.25) is 0 Å². The Morgan fingerprint density at radius 3 is 1.38 bits per heavy atom. The molecule has 5 rings (SSSR count). The Morgan fingerprint density at radius 1 is 0.575 bits per heavy atom. The molecule has 2 amide bonds. The van der Waals surface area contributed by atoms with Crippen LogP contribution in [0.3, 0.4) is 0 Å². The second-order valence-corrected chi connectivity index (χ2v) is 11.3. The summed E-state index contributed by atoms with van der Waals surface area (Å²) in [6.45, 7) is 6.27. The highest BCUT2D eigenvalue weighted by atomic mass is 16.2. The molecular formula is C32H40N4O4. The summed E-state index contributed by atoms with van der Waals surface area (Å²) >= 11 is 0. The Balaban J connectivity index is 1.16. The number of nitrogens with zero attached hydrogens (tertiary/aromatic N) is 2. The minimum Gasteiger partial charge on any atom is -0.326 e. The zero-order chi connectivity index (χ0) is 27.9. The number of rotatable bonds is 10. The van der Waals surface area contributed by atoms with Gasteiger partial charge in [-0.05, 0) is 114 Å². The van der Waals surface area contributed by atoms with Crippen LogP contribution in [0.15, 0.2) is 36.4 Å². The van der Waals surface area contributed by atoms with Crippen LogP contribution in [0.1, 0.15) is 96.1 Å². The van der Waals surface area contributed by atoms with Crippen LogP contribution in [0.4, 0.5) is 11.4 Å². The summed E-state index contributed by atoms with van der Waals surface area (Å²) in [7, 11) is 0. The minimum atomic E-state index is -0.259. The number of hydrogen-bond donors (Lipinski definition) is 2. The molecule has 2 heterocycles. The van der Waals surface area contributed by atoms with Crippen molar-refractivity contribution in [3.05, 3.63) is 58.7 Å². The van der Waals surface area contributed by atoms with Gasteiger partial charge in [-0.3, -0.25) is 19.2 Å². The standard InChI is InChI=1S/C32H40N4O4/c37-29(9-7-19-35-15-3-1-4-16-35)33-23-11-13-25-27(21-23)31(39)26-14-12-24(22-28(26)32(25)40)34-30(38)10-8-20-36-17-5-2-6-18-36/h11-14,21-22H,1-10,15-20H2,(H,33,37)(H,34,38). The quantitative estimate of drug-likeness (QED) is 0.378. The first-order valence-electron chi connectivity index (χ1n) is 14.9. The van der Waals surface area contributed by atoms with Crippen LogP contribution >= 0.6 is 0 Å². The van der Waals surface area contributed by atoms with Gasteiger partial charge in [-0.1, -0.05) is 12.8 Å². The molecule has 0 aromatic heterocycles. The lowest BCUT2D eigenvalue weighted by Gasteiger charge is -2.26. The SMILES string of the molecule is O=C(CCCN1CCCCC1)Nc1ccc2c(c1)C(=O)c1ccc(NC(=O)CCCN3CCCCC3)cc1C2=O. The molecule has 0 bridgehead atoms. The molecule has 212 valence electrons. The van der Waals surface area contributed by atoms with E-state index in [4.69, 9.17) is 0 Å². The Morgan fingerprint density at radius 2 is 0.975 bits per heavy atom. The zero-order valence-electron chi connectivity index (χ0n) is 23.3. The second kappa shape index (κ2) is 13.3. The highest BCUT2D eigenvalue weighted by molar-refractivity contribution is 6.29. The molecule has 0 saturated carbocycles. The van der Waals surface area contributed by atoms with Gasteiger partial charge in [-0.2, -0.15) is 0 Å². The van der Waals surface area contributed by atoms with Crippen molar-refractivity contribution in [1.29, 1.82) is 0 Å². The van der Waals surface area contributed by atoms with E-state index in [1.165, 1.54) is 38.5 Å². The minimum absolute atomic E-state index is 0.0942. The second-order valence-electron chi connectivity index (χ2n) is 11.3. The van der Waals surface area contributed by atoms with Crippen molar-refractivity contribution < 1.29 is 19.2 Å². The van der Waals surface area contributed by atoms with Crippen LogP contribution in [-0.4, -0.2) is 72.4 Å². The normalized spacial score (nSPS) is 17.7. The average molecular weight is 545 g/mol. The summed E-state index contributed by atoms with van der Waals surface area (Å²) in [6.07, 6.45) is 9.90. The fraction of sp³-hybridized carbons (Fsp3) is 0.500. The third-order valence-electron chi connectivity index (χ3n) is 8.24. The van der Waals surface area contributed by atoms with Gasteiger partial charge in [-0.25, -0.2) is 0 Å². The number of ketones is 2. The fourth-order valence-electron chi connectivity index (χ4n) is 6.05. The van der Waals surface area contributed by atoms with Gasteiger partial charge >= 0.3 is 0 Å². The Kier molecular flexibility index (Phi) is 9.39. The molecule has 8 heteroatoms. The van der Waals surface area contributed by atoms with Crippen molar-refractivity contribution in [3.8, 4) is 0 Å². The number of hydrogen-bond acceptors (Lipinski definition) is 6. The van der Waals surface area contributed by atoms with E-state index in [1.807, 2.05) is 0 Å². The highest BCUT2D eigenvalue weighted by Gasteiger charge is 2.30. The first kappa shape index (κ1) is 28.2. The molecule has 2 fully saturated rings. The lowest BCUT2D eigenvalue weighted by molar-refractivity contribution is -0.117. The number of benzene rings is 2. The van der Waals surface area contributed by atoms with E-state index in [2.05, 4.69) is 20.4 Å². The Labute approximate surface area is 236 Å². The van der Waals surface area contributed by atoms with E-state index in [0.717, 1.165) is 52.1 Å². The first-order valence-corrected chi connectivity index (χ1v) is 14.9. The predicted molar refractivity (Wildman–Crippen MR) is 156 cm³/mol. The van der Waals surface area contributed by atoms with Gasteiger partial charge in [0.2, 0.25) is 11.8 Å². The smallest absolute Gasteiger partial charge is 0.224 e. The first-order chi connectivity index (χ1) is 19.5. The molecule has 3 aliphatic rings. The molecule has 40 heavy (non-hydrogen) atoms. The van der Waals surface area contributed by atoms with Gasteiger partial charge < -0.3 is 20.4 Å².